The van der Waals surface area contributed by atoms with Crippen LogP contribution in [0.15, 0.2) is 42.7 Å². The number of aromatic nitrogens is 5. The standard InChI is InChI=1S/C26H28N8O5/c1-3-33-20(10-15(2)32-33)24(36)31-25-30-19-11-17(23(27)35)12-21-22(19)34(25)18(14-38-21)6-9-29-26(37)39-13-16-4-7-28-8-5-16/h4-5,7-8,10-12,18H,3,6,9,13-14H2,1-2H3,(H2,27,35)(H,29,37)(H,30,31,36)/t18-/m0/s1. The van der Waals surface area contributed by atoms with E-state index in [4.69, 9.17) is 15.2 Å². The number of hydrogen-bond donors (Lipinski definition) is 3. The fourth-order valence-corrected chi connectivity index (χ4v) is 4.52. The number of amides is 3. The van der Waals surface area contributed by atoms with Crippen LogP contribution in [-0.4, -0.2) is 55.4 Å². The number of carbonyl (C=O) groups is 3. The molecule has 5 rings (SSSR count). The predicted octanol–water partition coefficient (Wildman–Crippen LogP) is 2.56. The average molecular weight is 533 g/mol. The molecule has 0 unspecified atom stereocenters. The second-order valence-corrected chi connectivity index (χ2v) is 9.06. The summed E-state index contributed by atoms with van der Waals surface area (Å²) >= 11 is 0. The molecule has 3 amide bonds. The van der Waals surface area contributed by atoms with Crippen LogP contribution in [0.5, 0.6) is 5.75 Å². The molecule has 39 heavy (non-hydrogen) atoms. The molecule has 4 aromatic rings. The zero-order valence-corrected chi connectivity index (χ0v) is 21.5. The van der Waals surface area contributed by atoms with Gasteiger partial charge in [-0.3, -0.25) is 24.6 Å². The van der Waals surface area contributed by atoms with Crippen molar-refractivity contribution in [1.82, 2.24) is 29.6 Å². The number of carbonyl (C=O) groups excluding carboxylic acids is 3. The molecule has 4 N–H and O–H groups in total. The first kappa shape index (κ1) is 25.7. The fourth-order valence-electron chi connectivity index (χ4n) is 4.52. The zero-order chi connectivity index (χ0) is 27.5. The number of alkyl carbamates (subject to hydrolysis) is 1. The number of pyridine rings is 1. The number of nitrogens with zero attached hydrogens (tertiary/aromatic N) is 5. The average Bonchev–Trinajstić information content (AvgIpc) is 3.50. The first-order chi connectivity index (χ1) is 18.8. The van der Waals surface area contributed by atoms with Gasteiger partial charge in [-0.1, -0.05) is 0 Å². The molecular formula is C26H28N8O5. The number of nitrogens with two attached hydrogens (primary N) is 1. The second kappa shape index (κ2) is 10.8. The number of primary amides is 1. The van der Waals surface area contributed by atoms with Gasteiger partial charge in [0, 0.05) is 31.0 Å². The highest BCUT2D eigenvalue weighted by atomic mass is 16.5. The van der Waals surface area contributed by atoms with E-state index in [1.807, 2.05) is 18.4 Å². The molecule has 0 fully saturated rings. The summed E-state index contributed by atoms with van der Waals surface area (Å²) in [7, 11) is 0. The van der Waals surface area contributed by atoms with Crippen LogP contribution in [0.3, 0.4) is 0 Å². The van der Waals surface area contributed by atoms with Crippen LogP contribution >= 0.6 is 0 Å². The molecule has 0 saturated heterocycles. The van der Waals surface area contributed by atoms with Crippen molar-refractivity contribution in [3.05, 3.63) is 65.2 Å². The number of hydrogen-bond acceptors (Lipinski definition) is 8. The number of anilines is 1. The summed E-state index contributed by atoms with van der Waals surface area (Å²) in [6.07, 6.45) is 3.16. The van der Waals surface area contributed by atoms with Gasteiger partial charge >= 0.3 is 6.09 Å². The van der Waals surface area contributed by atoms with E-state index in [1.165, 1.54) is 0 Å². The smallest absolute Gasteiger partial charge is 0.407 e. The highest BCUT2D eigenvalue weighted by molar-refractivity contribution is 6.04. The molecule has 0 aliphatic carbocycles. The van der Waals surface area contributed by atoms with Crippen LogP contribution in [-0.2, 0) is 17.9 Å². The summed E-state index contributed by atoms with van der Waals surface area (Å²) in [6, 6.07) is 8.08. The molecule has 0 saturated carbocycles. The molecule has 4 heterocycles. The third kappa shape index (κ3) is 5.37. The Balaban J connectivity index is 1.36. The van der Waals surface area contributed by atoms with Crippen molar-refractivity contribution in [3.8, 4) is 5.75 Å². The van der Waals surface area contributed by atoms with Crippen LogP contribution < -0.4 is 21.1 Å². The van der Waals surface area contributed by atoms with Gasteiger partial charge in [-0.2, -0.15) is 5.10 Å². The van der Waals surface area contributed by atoms with Crippen molar-refractivity contribution in [3.63, 3.8) is 0 Å². The Kier molecular flexibility index (Phi) is 7.12. The Bertz CT molecular complexity index is 1540. The first-order valence-corrected chi connectivity index (χ1v) is 12.5. The van der Waals surface area contributed by atoms with E-state index in [9.17, 15) is 14.4 Å². The van der Waals surface area contributed by atoms with Crippen LogP contribution in [0.4, 0.5) is 10.7 Å². The van der Waals surface area contributed by atoms with E-state index in [2.05, 4.69) is 25.7 Å². The predicted molar refractivity (Wildman–Crippen MR) is 140 cm³/mol. The molecule has 1 aliphatic heterocycles. The highest BCUT2D eigenvalue weighted by Crippen LogP contribution is 2.38. The number of imidazole rings is 1. The molecule has 0 bridgehead atoms. The van der Waals surface area contributed by atoms with Crippen LogP contribution in [0.1, 0.15) is 51.5 Å². The minimum absolute atomic E-state index is 0.128. The number of aryl methyl sites for hydroxylation is 2. The van der Waals surface area contributed by atoms with Crippen LogP contribution in [0.2, 0.25) is 0 Å². The van der Waals surface area contributed by atoms with Crippen molar-refractivity contribution in [2.24, 2.45) is 5.73 Å². The molecule has 0 radical (unpaired) electrons. The molecule has 13 heteroatoms. The lowest BCUT2D eigenvalue weighted by Gasteiger charge is -2.27. The van der Waals surface area contributed by atoms with E-state index >= 15 is 0 Å². The summed E-state index contributed by atoms with van der Waals surface area (Å²) in [5.41, 5.74) is 8.76. The Morgan fingerprint density at radius 3 is 2.74 bits per heavy atom. The summed E-state index contributed by atoms with van der Waals surface area (Å²) < 4.78 is 14.7. The SMILES string of the molecule is CCn1nc(C)cc1C(=O)Nc1nc2cc(C(N)=O)cc3c2n1[C@@H](CCNC(=O)OCc1ccncc1)CO3. The third-order valence-electron chi connectivity index (χ3n) is 6.36. The lowest BCUT2D eigenvalue weighted by Crippen LogP contribution is -2.31. The monoisotopic (exact) mass is 532 g/mol. The Morgan fingerprint density at radius 2 is 2.00 bits per heavy atom. The van der Waals surface area contributed by atoms with Gasteiger partial charge in [-0.05, 0) is 56.2 Å². The molecule has 0 spiro atoms. The number of rotatable bonds is 9. The second-order valence-electron chi connectivity index (χ2n) is 9.06. The van der Waals surface area contributed by atoms with Gasteiger partial charge in [0.2, 0.25) is 11.9 Å². The van der Waals surface area contributed by atoms with Crippen molar-refractivity contribution < 1.29 is 23.9 Å². The molecular weight excluding hydrogens is 504 g/mol. The van der Waals surface area contributed by atoms with E-state index in [-0.39, 0.29) is 43.2 Å². The molecule has 1 aliphatic rings. The zero-order valence-electron chi connectivity index (χ0n) is 21.5. The van der Waals surface area contributed by atoms with E-state index < -0.39 is 12.0 Å². The van der Waals surface area contributed by atoms with Gasteiger partial charge in [0.05, 0.1) is 17.3 Å². The van der Waals surface area contributed by atoms with Crippen molar-refractivity contribution >= 4 is 34.9 Å². The maximum atomic E-state index is 13.2. The topological polar surface area (TPSA) is 168 Å². The molecule has 1 aromatic carbocycles. The van der Waals surface area contributed by atoms with E-state index in [0.29, 0.717) is 35.4 Å². The summed E-state index contributed by atoms with van der Waals surface area (Å²) in [4.78, 5) is 45.9. The van der Waals surface area contributed by atoms with Gasteiger partial charge < -0.3 is 25.1 Å². The molecule has 13 nitrogen and oxygen atoms in total. The van der Waals surface area contributed by atoms with Crippen LogP contribution in [0.25, 0.3) is 11.0 Å². The Morgan fingerprint density at radius 1 is 1.21 bits per heavy atom. The minimum Gasteiger partial charge on any atom is -0.489 e. The summed E-state index contributed by atoms with van der Waals surface area (Å²) in [6.45, 7) is 4.88. The molecule has 3 aromatic heterocycles. The van der Waals surface area contributed by atoms with Crippen LogP contribution in [0, 0.1) is 6.92 Å². The van der Waals surface area contributed by atoms with Gasteiger partial charge in [-0.25, -0.2) is 9.78 Å². The summed E-state index contributed by atoms with van der Waals surface area (Å²) in [5, 5.41) is 9.99. The maximum absolute atomic E-state index is 13.2. The number of nitrogens with one attached hydrogen (secondary N) is 2. The van der Waals surface area contributed by atoms with E-state index in [0.717, 1.165) is 11.3 Å². The minimum atomic E-state index is -0.615. The number of ether oxygens (including phenoxy) is 2. The largest absolute Gasteiger partial charge is 0.489 e. The molecule has 202 valence electrons. The van der Waals surface area contributed by atoms with Crippen molar-refractivity contribution in [2.75, 3.05) is 18.5 Å². The van der Waals surface area contributed by atoms with Crippen molar-refractivity contribution in [2.45, 2.75) is 39.5 Å². The molecule has 1 atom stereocenters. The van der Waals surface area contributed by atoms with Gasteiger partial charge in [-0.15, -0.1) is 0 Å². The lowest BCUT2D eigenvalue weighted by molar-refractivity contribution is 0.0995. The van der Waals surface area contributed by atoms with Gasteiger partial charge in [0.1, 0.15) is 30.2 Å². The first-order valence-electron chi connectivity index (χ1n) is 12.5. The Hall–Kier alpha value is -4.94. The fraction of sp³-hybridized carbons (Fsp3) is 0.308. The number of benzene rings is 1. The Labute approximate surface area is 223 Å². The van der Waals surface area contributed by atoms with Crippen molar-refractivity contribution in [1.29, 1.82) is 0 Å². The normalized spacial score (nSPS) is 14.1. The summed E-state index contributed by atoms with van der Waals surface area (Å²) in [5.74, 6) is -0.266. The quantitative estimate of drug-likeness (QED) is 0.295. The maximum Gasteiger partial charge on any atom is 0.407 e. The van der Waals surface area contributed by atoms with Gasteiger partial charge in [0.15, 0.2) is 0 Å². The third-order valence-corrected chi connectivity index (χ3v) is 6.36. The lowest BCUT2D eigenvalue weighted by atomic mass is 10.1. The van der Waals surface area contributed by atoms with Gasteiger partial charge in [0.25, 0.3) is 5.91 Å². The van der Waals surface area contributed by atoms with E-state index in [1.54, 1.807) is 47.4 Å². The highest BCUT2D eigenvalue weighted by Gasteiger charge is 2.29.